The van der Waals surface area contributed by atoms with E-state index in [1.165, 1.54) is 16.7 Å². The molecule has 0 spiro atoms. The molecule has 0 unspecified atom stereocenters. The van der Waals surface area contributed by atoms with Gasteiger partial charge in [-0.1, -0.05) is 53.0 Å². The molecular formula is C60H146Cl2N22O6P10Si2. The van der Waals surface area contributed by atoms with Gasteiger partial charge in [0.15, 0.2) is 0 Å². The van der Waals surface area contributed by atoms with E-state index >= 15 is 0 Å². The first-order valence-corrected chi connectivity index (χ1v) is 58.5. The van der Waals surface area contributed by atoms with Crippen LogP contribution < -0.4 is 12.4 Å². The quantitative estimate of drug-likeness (QED) is 0.0353. The first kappa shape index (κ1) is 105. The highest BCUT2D eigenvalue weighted by atomic mass is 35.5. The largest absolute Gasteiger partial charge is 1.00 e. The number of halogens is 2. The Labute approximate surface area is 640 Å². The molecule has 2 aromatic rings. The molecule has 0 N–H and O–H groups in total. The summed E-state index contributed by atoms with van der Waals surface area (Å²) in [4.78, 5) is 0. The van der Waals surface area contributed by atoms with Crippen LogP contribution in [0.4, 0.5) is 0 Å². The van der Waals surface area contributed by atoms with Crippen molar-refractivity contribution in [3.63, 3.8) is 0 Å². The fourth-order valence-corrected chi connectivity index (χ4v) is 49.9. The molecule has 102 heavy (non-hydrogen) atoms. The molecule has 0 saturated carbocycles. The molecule has 28 nitrogen and oxygen atoms in total. The van der Waals surface area contributed by atoms with E-state index in [-0.39, 0.29) is 12.4 Å². The van der Waals surface area contributed by atoms with Crippen LogP contribution in [-0.2, 0) is 51.8 Å². The van der Waals surface area contributed by atoms with Gasteiger partial charge in [-0.25, -0.2) is 27.9 Å². The maximum Gasteiger partial charge on any atom is 0.500 e. The van der Waals surface area contributed by atoms with Gasteiger partial charge in [0, 0.05) is 94.6 Å². The topological polar surface area (TPSA) is 209 Å². The van der Waals surface area contributed by atoms with Gasteiger partial charge in [0.1, 0.15) is 29.4 Å². The van der Waals surface area contributed by atoms with Crippen molar-refractivity contribution in [1.29, 1.82) is 0 Å². The predicted octanol–water partition coefficient (Wildman–Crippen LogP) is 14.1. The summed E-state index contributed by atoms with van der Waals surface area (Å²) in [5.74, 6) is 0.549. The summed E-state index contributed by atoms with van der Waals surface area (Å²) in [6, 6.07) is 18.5. The van der Waals surface area contributed by atoms with E-state index in [4.69, 9.17) is 79.0 Å². The van der Waals surface area contributed by atoms with Crippen molar-refractivity contribution < 1.29 is 39.0 Å². The van der Waals surface area contributed by atoms with Gasteiger partial charge in [0.25, 0.3) is 0 Å². The lowest BCUT2D eigenvalue weighted by atomic mass is 10.1. The zero-order chi connectivity index (χ0) is 79.3. The third kappa shape index (κ3) is 29.3. The highest BCUT2D eigenvalue weighted by molar-refractivity contribution is 7.89. The molecule has 0 bridgehead atoms. The standard InChI is InChI=1S/C30H73N11O3P5Si.C18H54N11P5.C12H19ClO3Si.ClH/c1-35(2)46(20,36(3)4)32-48(31-45(17,18)19,33-47(21,37(5)6)38(7)8)34-49(39(9)10,40(11)12)41(13)28-30-24-22-29(23-25-30)26-27-50(42-14,43-15)44-16;1-19-34(28(10)11,29(12)13)23-33(20-30(14,15)16,21-31(17,24(2)3)25(4)5)22-32(18,26(6)7)27(8)9;1-14-17(15-2,16-3)9-8-11-4-6-12(10-13)7-5-11;/h22-25H,26-28H2,1-21H3;1-18H3;4-7H,8-10H2,1-3H3;1H/q+1;;;/p-1. The van der Waals surface area contributed by atoms with E-state index in [0.717, 1.165) is 24.4 Å². The molecule has 0 saturated heterocycles. The van der Waals surface area contributed by atoms with Crippen LogP contribution in [0.2, 0.25) is 12.1 Å². The van der Waals surface area contributed by atoms with Gasteiger partial charge < -0.3 is 39.0 Å². The Morgan fingerprint density at radius 3 is 0.863 bits per heavy atom. The smallest absolute Gasteiger partial charge is 0.500 e. The molecule has 0 aliphatic carbocycles. The van der Waals surface area contributed by atoms with Gasteiger partial charge in [0.2, 0.25) is 15.0 Å². The average Bonchev–Trinajstić information content (AvgIpc) is 0.749. The van der Waals surface area contributed by atoms with Gasteiger partial charge in [0.05, 0.1) is 0 Å². The summed E-state index contributed by atoms with van der Waals surface area (Å²) in [5, 5.41) is 0. The summed E-state index contributed by atoms with van der Waals surface area (Å²) >= 11 is 5.74. The first-order chi connectivity index (χ1) is 46.0. The van der Waals surface area contributed by atoms with Crippen molar-refractivity contribution in [3.05, 3.63) is 70.8 Å². The SMILES string of the molecule is CN=P(N=P(N=P(C)(C)C)(N=P(C)(N(C)C)N(C)C)N=P(C)(N(C)C)N(C)C)(N(C)C)N(C)C.CO[Si](CCc1ccc(CCl)cc1)(OC)OC.CO[Si](CCc1ccc(CN(C)P(=N[P+](N=P(C)(C)C)(N=P(C)(N(C)C)N(C)C)N=P(C)(N(C)C)N(C)C)(N(C)C)N(C)C)cc1)(OC)OC.[Cl-]. The third-order valence-corrected chi connectivity index (χ3v) is 60.4. The molecule has 0 amide bonds. The minimum atomic E-state index is -3.13. The molecule has 0 fully saturated rings. The van der Waals surface area contributed by atoms with Crippen LogP contribution in [0, 0.1) is 0 Å². The van der Waals surface area contributed by atoms with Crippen molar-refractivity contribution in [2.24, 2.45) is 40.9 Å². The minimum Gasteiger partial charge on any atom is -1.00 e. The van der Waals surface area contributed by atoms with E-state index in [2.05, 4.69) is 312 Å². The van der Waals surface area contributed by atoms with Crippen molar-refractivity contribution >= 4 is 103 Å². The Morgan fingerprint density at radius 1 is 0.353 bits per heavy atom. The Hall–Kier alpha value is 1.19. The highest BCUT2D eigenvalue weighted by Gasteiger charge is 2.52. The Bertz CT molecular complexity index is 3230. The molecule has 42 heteroatoms. The van der Waals surface area contributed by atoms with E-state index in [9.17, 15) is 0 Å². The summed E-state index contributed by atoms with van der Waals surface area (Å²) in [6.07, 6.45) is 1.69. The lowest BCUT2D eigenvalue weighted by Gasteiger charge is -2.42. The van der Waals surface area contributed by atoms with E-state index in [0.29, 0.717) is 18.5 Å². The minimum absolute atomic E-state index is 0. The predicted molar refractivity (Wildman–Crippen MR) is 465 cm³/mol. The Balaban J connectivity index is 0. The highest BCUT2D eigenvalue weighted by Crippen LogP contribution is 2.85. The fourth-order valence-electron chi connectivity index (χ4n) is 10.0. The molecule has 0 aliphatic rings. The van der Waals surface area contributed by atoms with Crippen LogP contribution in [0.3, 0.4) is 0 Å². The van der Waals surface area contributed by atoms with Crippen LogP contribution >= 0.6 is 85.5 Å². The summed E-state index contributed by atoms with van der Waals surface area (Å²) in [5.41, 5.74) is 4.78. The van der Waals surface area contributed by atoms with Crippen LogP contribution in [-0.4, -0.2) is 371 Å². The lowest BCUT2D eigenvalue weighted by molar-refractivity contribution is -0.0000326. The zero-order valence-electron chi connectivity index (χ0n) is 71.4. The number of alkyl halides is 1. The second-order valence-electron chi connectivity index (χ2n) is 28.8. The van der Waals surface area contributed by atoms with Crippen molar-refractivity contribution in [1.82, 2.24) is 60.7 Å². The molecule has 0 aromatic heterocycles. The number of nitrogens with zero attached hydrogens (tertiary/aromatic N) is 22. The molecule has 0 aliphatic heterocycles. The molecular weight excluding hydrogens is 1560 g/mol. The Morgan fingerprint density at radius 2 is 0.637 bits per heavy atom. The van der Waals surface area contributed by atoms with Gasteiger partial charge in [-0.2, -0.15) is 13.5 Å². The van der Waals surface area contributed by atoms with Crippen molar-refractivity contribution in [3.8, 4) is 0 Å². The fraction of sp³-hybridized carbons (Fsp3) is 0.800. The van der Waals surface area contributed by atoms with E-state index in [1.807, 2.05) is 47.4 Å². The molecule has 2 aromatic carbocycles. The maximum absolute atomic E-state index is 6.06. The van der Waals surface area contributed by atoms with Crippen molar-refractivity contribution in [2.75, 3.05) is 293 Å². The average molecular weight is 1710 g/mol. The molecule has 0 heterocycles. The van der Waals surface area contributed by atoms with Crippen LogP contribution in [0.15, 0.2) is 89.4 Å². The van der Waals surface area contributed by atoms with Crippen molar-refractivity contribution in [2.45, 2.75) is 37.4 Å². The number of hydrogen-bond acceptors (Lipinski definition) is 11. The monoisotopic (exact) mass is 1710 g/mol. The van der Waals surface area contributed by atoms with Crippen LogP contribution in [0.1, 0.15) is 22.3 Å². The molecule has 0 atom stereocenters. The number of aryl methyl sites for hydroxylation is 2. The van der Waals surface area contributed by atoms with Crippen LogP contribution in [0.5, 0.6) is 0 Å². The van der Waals surface area contributed by atoms with Gasteiger partial charge >= 0.3 is 33.0 Å². The Kier molecular flexibility index (Phi) is 46.0. The van der Waals surface area contributed by atoms with Crippen LogP contribution in [0.25, 0.3) is 0 Å². The van der Waals surface area contributed by atoms with E-state index in [1.54, 1.807) is 42.7 Å². The lowest BCUT2D eigenvalue weighted by Crippen LogP contribution is -3.00. The second-order valence-corrected chi connectivity index (χ2v) is 70.6. The number of rotatable bonds is 36. The van der Waals surface area contributed by atoms with Gasteiger partial charge in [-0.3, -0.25) is 42.1 Å². The number of hydrogen-bond donors (Lipinski definition) is 0. The van der Waals surface area contributed by atoms with Gasteiger partial charge in [-0.05, 0) is 285 Å². The van der Waals surface area contributed by atoms with E-state index < -0.39 is 91.5 Å². The number of benzene rings is 2. The summed E-state index contributed by atoms with van der Waals surface area (Å²) in [7, 11) is 35.7. The zero-order valence-corrected chi connectivity index (χ0v) is 83.8. The molecule has 0 radical (unpaired) electrons. The summed E-state index contributed by atoms with van der Waals surface area (Å²) < 4.78 is 113. The third-order valence-electron chi connectivity index (χ3n) is 17.3. The molecule has 2 rings (SSSR count). The normalized spacial score (nSPS) is 13.8. The summed E-state index contributed by atoms with van der Waals surface area (Å²) in [6.45, 7) is 23.0. The molecule has 604 valence electrons. The first-order valence-electron chi connectivity index (χ1n) is 33.1. The second kappa shape index (κ2) is 44.6. The maximum atomic E-state index is 6.06. The van der Waals surface area contributed by atoms with Gasteiger partial charge in [-0.15, -0.1) is 11.6 Å².